The molecule has 2 rings (SSSR count). The van der Waals surface area contributed by atoms with Crippen LogP contribution in [0.3, 0.4) is 0 Å². The lowest BCUT2D eigenvalue weighted by Crippen LogP contribution is -2.10. The van der Waals surface area contributed by atoms with Gasteiger partial charge < -0.3 is 5.32 Å². The summed E-state index contributed by atoms with van der Waals surface area (Å²) in [4.78, 5) is 0. The second-order valence-corrected chi connectivity index (χ2v) is 3.61. The lowest BCUT2D eigenvalue weighted by atomic mass is 10.2. The minimum absolute atomic E-state index is 0.770. The maximum atomic E-state index is 4.17. The van der Waals surface area contributed by atoms with Gasteiger partial charge in [0.1, 0.15) is 0 Å². The molecule has 1 heterocycles. The number of rotatable bonds is 3. The van der Waals surface area contributed by atoms with Gasteiger partial charge in [0, 0.05) is 13.2 Å². The molecule has 1 N–H and O–H groups in total. The second kappa shape index (κ2) is 2.90. The molecule has 1 aliphatic rings. The fourth-order valence-electron chi connectivity index (χ4n) is 1.78. The fraction of sp³-hybridized carbons (Fsp3) is 0.667. The van der Waals surface area contributed by atoms with Gasteiger partial charge in [-0.2, -0.15) is 5.10 Å². The van der Waals surface area contributed by atoms with E-state index in [-0.39, 0.29) is 0 Å². The Hall–Kier alpha value is -0.830. The Bertz CT molecular complexity index is 266. The third kappa shape index (κ3) is 1.37. The number of hydrogen-bond donors (Lipinski definition) is 1. The molecule has 1 aromatic rings. The van der Waals surface area contributed by atoms with Crippen molar-refractivity contribution in [1.29, 1.82) is 0 Å². The van der Waals surface area contributed by atoms with Crippen molar-refractivity contribution in [3.63, 3.8) is 0 Å². The molecule has 12 heavy (non-hydrogen) atoms. The normalized spacial score (nSPS) is 27.5. The molecule has 1 fully saturated rings. The summed E-state index contributed by atoms with van der Waals surface area (Å²) in [6.45, 7) is 1.14. The Morgan fingerprint density at radius 1 is 1.75 bits per heavy atom. The van der Waals surface area contributed by atoms with Crippen molar-refractivity contribution in [1.82, 2.24) is 15.1 Å². The Labute approximate surface area is 72.8 Å². The van der Waals surface area contributed by atoms with Crippen molar-refractivity contribution < 1.29 is 0 Å². The highest BCUT2D eigenvalue weighted by molar-refractivity contribution is 5.20. The third-order valence-corrected chi connectivity index (χ3v) is 2.54. The topological polar surface area (TPSA) is 29.9 Å². The molecule has 0 aliphatic heterocycles. The quantitative estimate of drug-likeness (QED) is 0.716. The molecule has 0 bridgehead atoms. The average Bonchev–Trinajstić information content (AvgIpc) is 2.67. The van der Waals surface area contributed by atoms with Crippen LogP contribution in [0.2, 0.25) is 0 Å². The molecule has 1 aromatic heterocycles. The van der Waals surface area contributed by atoms with Crippen LogP contribution in [0.15, 0.2) is 12.4 Å². The predicted molar refractivity (Wildman–Crippen MR) is 48.0 cm³/mol. The molecule has 2 atom stereocenters. The molecular weight excluding hydrogens is 150 g/mol. The first-order valence-corrected chi connectivity index (χ1v) is 4.44. The predicted octanol–water partition coefficient (Wildman–Crippen LogP) is 0.743. The summed E-state index contributed by atoms with van der Waals surface area (Å²) in [5, 5.41) is 7.38. The average molecular weight is 165 g/mol. The Kier molecular flexibility index (Phi) is 1.89. The largest absolute Gasteiger partial charge is 0.319 e. The highest BCUT2D eigenvalue weighted by atomic mass is 15.2. The van der Waals surface area contributed by atoms with Crippen LogP contribution in [0.25, 0.3) is 0 Å². The SMILES string of the molecule is CNCC1CC1c1cnn(C)c1. The van der Waals surface area contributed by atoms with E-state index in [0.717, 1.165) is 18.4 Å². The smallest absolute Gasteiger partial charge is 0.0524 e. The van der Waals surface area contributed by atoms with E-state index in [4.69, 9.17) is 0 Å². The monoisotopic (exact) mass is 165 g/mol. The van der Waals surface area contributed by atoms with Gasteiger partial charge in [-0.15, -0.1) is 0 Å². The van der Waals surface area contributed by atoms with Crippen molar-refractivity contribution in [2.45, 2.75) is 12.3 Å². The van der Waals surface area contributed by atoms with Gasteiger partial charge in [0.25, 0.3) is 0 Å². The van der Waals surface area contributed by atoms with Gasteiger partial charge in [-0.1, -0.05) is 0 Å². The summed E-state index contributed by atoms with van der Waals surface area (Å²) in [7, 11) is 3.98. The molecule has 1 aliphatic carbocycles. The van der Waals surface area contributed by atoms with Gasteiger partial charge >= 0.3 is 0 Å². The number of aromatic nitrogens is 2. The maximum absolute atomic E-state index is 4.17. The summed E-state index contributed by atoms with van der Waals surface area (Å²) >= 11 is 0. The van der Waals surface area contributed by atoms with E-state index in [0.29, 0.717) is 0 Å². The van der Waals surface area contributed by atoms with Crippen LogP contribution < -0.4 is 5.32 Å². The van der Waals surface area contributed by atoms with Gasteiger partial charge in [0.2, 0.25) is 0 Å². The molecule has 0 saturated heterocycles. The number of nitrogens with one attached hydrogen (secondary N) is 1. The first-order valence-electron chi connectivity index (χ1n) is 4.44. The zero-order valence-corrected chi connectivity index (χ0v) is 7.62. The molecule has 0 radical (unpaired) electrons. The maximum Gasteiger partial charge on any atom is 0.0524 e. The van der Waals surface area contributed by atoms with Crippen LogP contribution in [-0.2, 0) is 7.05 Å². The van der Waals surface area contributed by atoms with Crippen LogP contribution in [0, 0.1) is 5.92 Å². The van der Waals surface area contributed by atoms with E-state index < -0.39 is 0 Å². The number of hydrogen-bond acceptors (Lipinski definition) is 2. The van der Waals surface area contributed by atoms with E-state index in [1.165, 1.54) is 12.0 Å². The van der Waals surface area contributed by atoms with Crippen LogP contribution in [0.5, 0.6) is 0 Å². The molecule has 0 aromatic carbocycles. The molecule has 1 saturated carbocycles. The summed E-state index contributed by atoms with van der Waals surface area (Å²) < 4.78 is 1.88. The van der Waals surface area contributed by atoms with Gasteiger partial charge in [-0.05, 0) is 37.4 Å². The highest BCUT2D eigenvalue weighted by Gasteiger charge is 2.38. The summed E-state index contributed by atoms with van der Waals surface area (Å²) in [5.41, 5.74) is 1.40. The Balaban J connectivity index is 1.96. The van der Waals surface area contributed by atoms with Crippen molar-refractivity contribution in [2.75, 3.05) is 13.6 Å². The van der Waals surface area contributed by atoms with E-state index in [1.807, 2.05) is 25.0 Å². The standard InChI is InChI=1S/C9H15N3/c1-10-4-7-3-9(7)8-5-11-12(2)6-8/h5-7,9-10H,3-4H2,1-2H3. The van der Waals surface area contributed by atoms with Crippen molar-refractivity contribution >= 4 is 0 Å². The molecule has 3 nitrogen and oxygen atoms in total. The summed E-state index contributed by atoms with van der Waals surface area (Å²) in [6.07, 6.45) is 5.44. The molecule has 0 amide bonds. The van der Waals surface area contributed by atoms with E-state index in [1.54, 1.807) is 0 Å². The Morgan fingerprint density at radius 3 is 3.17 bits per heavy atom. The molecular formula is C9H15N3. The van der Waals surface area contributed by atoms with E-state index >= 15 is 0 Å². The lowest BCUT2D eigenvalue weighted by Gasteiger charge is -1.94. The zero-order chi connectivity index (χ0) is 8.55. The van der Waals surface area contributed by atoms with Crippen molar-refractivity contribution in [2.24, 2.45) is 13.0 Å². The highest BCUT2D eigenvalue weighted by Crippen LogP contribution is 2.46. The minimum atomic E-state index is 0.770. The summed E-state index contributed by atoms with van der Waals surface area (Å²) in [6, 6.07) is 0. The Morgan fingerprint density at radius 2 is 2.58 bits per heavy atom. The first kappa shape index (κ1) is 7.80. The van der Waals surface area contributed by atoms with Gasteiger partial charge in [-0.3, -0.25) is 4.68 Å². The third-order valence-electron chi connectivity index (χ3n) is 2.54. The number of aryl methyl sites for hydroxylation is 1. The van der Waals surface area contributed by atoms with Crippen LogP contribution in [0.4, 0.5) is 0 Å². The molecule has 66 valence electrons. The number of nitrogens with zero attached hydrogens (tertiary/aromatic N) is 2. The van der Waals surface area contributed by atoms with E-state index in [9.17, 15) is 0 Å². The zero-order valence-electron chi connectivity index (χ0n) is 7.62. The summed E-state index contributed by atoms with van der Waals surface area (Å²) in [5.74, 6) is 1.62. The van der Waals surface area contributed by atoms with E-state index in [2.05, 4.69) is 16.6 Å². The first-order chi connectivity index (χ1) is 5.81. The van der Waals surface area contributed by atoms with Crippen LogP contribution in [-0.4, -0.2) is 23.4 Å². The van der Waals surface area contributed by atoms with Gasteiger partial charge in [0.05, 0.1) is 6.20 Å². The minimum Gasteiger partial charge on any atom is -0.319 e. The van der Waals surface area contributed by atoms with Crippen molar-refractivity contribution in [3.05, 3.63) is 18.0 Å². The van der Waals surface area contributed by atoms with Crippen molar-refractivity contribution in [3.8, 4) is 0 Å². The molecule has 3 heteroatoms. The van der Waals surface area contributed by atoms with Gasteiger partial charge in [-0.25, -0.2) is 0 Å². The fourth-order valence-corrected chi connectivity index (χ4v) is 1.78. The second-order valence-electron chi connectivity index (χ2n) is 3.61. The van der Waals surface area contributed by atoms with Gasteiger partial charge in [0.15, 0.2) is 0 Å². The lowest BCUT2D eigenvalue weighted by molar-refractivity contribution is 0.697. The molecule has 0 spiro atoms. The van der Waals surface area contributed by atoms with Crippen LogP contribution in [0.1, 0.15) is 17.9 Å². The van der Waals surface area contributed by atoms with Crippen LogP contribution >= 0.6 is 0 Å². The molecule has 2 unspecified atom stereocenters.